The number of fused-ring (bicyclic) bond motifs is 4. The molecule has 4 amide bonds. The number of ether oxygens (including phenoxy) is 1. The number of para-hydroxylation sites is 1. The number of aliphatic hydroxyl groups excluding tert-OH is 1. The minimum Gasteiger partial charge on any atom is -0.491 e. The molecule has 2 heterocycles. The molecule has 248 valence electrons. The molecule has 2 aliphatic heterocycles. The van der Waals surface area contributed by atoms with Crippen LogP contribution in [0.1, 0.15) is 50.0 Å². The predicted molar refractivity (Wildman–Crippen MR) is 168 cm³/mol. The van der Waals surface area contributed by atoms with E-state index in [9.17, 15) is 33.5 Å². The number of hydrogen-bond donors (Lipinski definition) is 2. The predicted octanol–water partition coefficient (Wildman–Crippen LogP) is 4.41. The Hall–Kier alpha value is -3.80. The highest BCUT2D eigenvalue weighted by Gasteiger charge is 2.76. The summed E-state index contributed by atoms with van der Waals surface area (Å²) in [5.41, 5.74) is 1.09. The zero-order chi connectivity index (χ0) is 33.7. The van der Waals surface area contributed by atoms with Crippen LogP contribution in [0, 0.1) is 23.6 Å². The minimum absolute atomic E-state index is 0.00690. The Balaban J connectivity index is 1.43. The van der Waals surface area contributed by atoms with E-state index >= 15 is 0 Å². The minimum atomic E-state index is -2.11. The number of amides is 4. The first-order valence-electron chi connectivity index (χ1n) is 15.6. The number of carbonyl (C=O) groups excluding carboxylic acids is 4. The molecule has 0 radical (unpaired) electrons. The van der Waals surface area contributed by atoms with Crippen LogP contribution in [0.5, 0.6) is 5.75 Å². The summed E-state index contributed by atoms with van der Waals surface area (Å²) in [7, 11) is 0. The van der Waals surface area contributed by atoms with Gasteiger partial charge in [0.25, 0.3) is 11.8 Å². The number of carboxylic acid groups (broad SMARTS) is 1. The van der Waals surface area contributed by atoms with E-state index < -0.39 is 62.9 Å². The molecule has 2 saturated heterocycles. The third-order valence-corrected chi connectivity index (χ3v) is 11.3. The smallest absolute Gasteiger partial charge is 0.303 e. The van der Waals surface area contributed by atoms with Gasteiger partial charge in [0.1, 0.15) is 18.2 Å². The van der Waals surface area contributed by atoms with Crippen molar-refractivity contribution in [2.75, 3.05) is 24.7 Å². The molecular formula is C34H33Cl2FN2O8. The number of alkyl halides is 2. The lowest BCUT2D eigenvalue weighted by molar-refractivity contribution is -0.141. The van der Waals surface area contributed by atoms with Gasteiger partial charge in [0.15, 0.2) is 9.75 Å². The first kappa shape index (κ1) is 33.1. The molecule has 47 heavy (non-hydrogen) atoms. The summed E-state index contributed by atoms with van der Waals surface area (Å²) in [5, 5.41) is 18.4. The average molecular weight is 688 g/mol. The number of rotatable bonds is 11. The number of likely N-dealkylation sites (tertiary alicyclic amines) is 1. The number of aliphatic hydroxyl groups is 1. The molecule has 0 aromatic heterocycles. The third-order valence-electron chi connectivity index (χ3n) is 9.84. The van der Waals surface area contributed by atoms with Crippen molar-refractivity contribution >= 4 is 58.5 Å². The summed E-state index contributed by atoms with van der Waals surface area (Å²) in [6, 6.07) is 11.5. The van der Waals surface area contributed by atoms with Crippen molar-refractivity contribution in [3.8, 4) is 5.75 Å². The zero-order valence-electron chi connectivity index (χ0n) is 25.2. The van der Waals surface area contributed by atoms with E-state index in [1.54, 1.807) is 24.3 Å². The highest BCUT2D eigenvalue weighted by molar-refractivity contribution is 6.58. The molecule has 2 aromatic rings. The standard InChI is InChI=1S/C34H33Cl2FN2O8/c35-33-18-24-21(13-14-23-27(24)30(44)38(29(23)43)15-5-1-2-8-26(41)42)28(22-6-3-4-7-25(22)47-17-16-40)34(33,36)32(46)39(31(33)45)20-11-9-19(37)10-12-20/h3-4,6-7,9-13,23-24,27-28,40H,1-2,5,8,14-18H2,(H,41,42). The molecule has 6 rings (SSSR count). The Kier molecular flexibility index (Phi) is 8.92. The number of imide groups is 2. The monoisotopic (exact) mass is 686 g/mol. The number of nitrogens with zero attached hydrogens (tertiary/aromatic N) is 2. The molecule has 6 atom stereocenters. The van der Waals surface area contributed by atoms with Gasteiger partial charge < -0.3 is 14.9 Å². The molecule has 1 saturated carbocycles. The largest absolute Gasteiger partial charge is 0.491 e. The Morgan fingerprint density at radius 1 is 0.957 bits per heavy atom. The van der Waals surface area contributed by atoms with Gasteiger partial charge in [-0.3, -0.25) is 28.9 Å². The lowest BCUT2D eigenvalue weighted by atomic mass is 9.56. The topological polar surface area (TPSA) is 142 Å². The normalized spacial score (nSPS) is 29.8. The van der Waals surface area contributed by atoms with Crippen LogP contribution in [0.2, 0.25) is 0 Å². The molecule has 13 heteroatoms. The van der Waals surface area contributed by atoms with Crippen LogP contribution in [0.3, 0.4) is 0 Å². The number of halogens is 3. The number of benzene rings is 2. The molecule has 0 bridgehead atoms. The van der Waals surface area contributed by atoms with Crippen LogP contribution >= 0.6 is 23.2 Å². The summed E-state index contributed by atoms with van der Waals surface area (Å²) in [4.78, 5) is 65.2. The Morgan fingerprint density at radius 2 is 1.68 bits per heavy atom. The Bertz CT molecular complexity index is 1670. The zero-order valence-corrected chi connectivity index (χ0v) is 26.8. The van der Waals surface area contributed by atoms with Crippen molar-refractivity contribution in [3.05, 3.63) is 71.6 Å². The van der Waals surface area contributed by atoms with Crippen LogP contribution in [-0.2, 0) is 24.0 Å². The van der Waals surface area contributed by atoms with Crippen LogP contribution in [0.4, 0.5) is 10.1 Å². The number of carboxylic acids is 1. The van der Waals surface area contributed by atoms with Gasteiger partial charge in [0.05, 0.1) is 24.1 Å². The van der Waals surface area contributed by atoms with Gasteiger partial charge in [-0.2, -0.15) is 0 Å². The van der Waals surface area contributed by atoms with E-state index in [-0.39, 0.29) is 50.6 Å². The molecule has 2 aliphatic carbocycles. The van der Waals surface area contributed by atoms with Crippen molar-refractivity contribution in [1.29, 1.82) is 0 Å². The SMILES string of the molecule is O=C(O)CCCCCN1C(=O)C2CC=C3C(CC4(Cl)C(=O)N(c5ccc(F)cc5)C(=O)C4(Cl)C3c3ccccc3OCCO)C2C1=O. The van der Waals surface area contributed by atoms with E-state index in [2.05, 4.69) is 0 Å². The summed E-state index contributed by atoms with van der Waals surface area (Å²) >= 11 is 14.8. The number of anilines is 1. The second-order valence-corrected chi connectivity index (χ2v) is 13.6. The van der Waals surface area contributed by atoms with Gasteiger partial charge in [-0.05, 0) is 61.9 Å². The van der Waals surface area contributed by atoms with Crippen LogP contribution < -0.4 is 9.64 Å². The van der Waals surface area contributed by atoms with Crippen molar-refractivity contribution in [2.45, 2.75) is 54.2 Å². The fourth-order valence-corrected chi connectivity index (χ4v) is 8.69. The summed E-state index contributed by atoms with van der Waals surface area (Å²) in [5.74, 6) is -6.97. The van der Waals surface area contributed by atoms with Crippen LogP contribution in [0.25, 0.3) is 0 Å². The molecule has 10 nitrogen and oxygen atoms in total. The molecule has 3 fully saturated rings. The van der Waals surface area contributed by atoms with Crippen LogP contribution in [0.15, 0.2) is 60.2 Å². The average Bonchev–Trinajstić information content (AvgIpc) is 3.38. The van der Waals surface area contributed by atoms with Gasteiger partial charge in [0, 0.05) is 24.4 Å². The molecule has 2 N–H and O–H groups in total. The van der Waals surface area contributed by atoms with E-state index in [1.807, 2.05) is 6.08 Å². The highest BCUT2D eigenvalue weighted by Crippen LogP contribution is 2.66. The number of allylic oxidation sites excluding steroid dienone is 2. The van der Waals surface area contributed by atoms with E-state index in [4.69, 9.17) is 33.0 Å². The van der Waals surface area contributed by atoms with Gasteiger partial charge in [-0.25, -0.2) is 9.29 Å². The fourth-order valence-electron chi connectivity index (χ4n) is 7.76. The van der Waals surface area contributed by atoms with Crippen molar-refractivity contribution < 1.29 is 43.3 Å². The number of carbonyl (C=O) groups is 5. The van der Waals surface area contributed by atoms with Gasteiger partial charge in [-0.1, -0.05) is 36.3 Å². The van der Waals surface area contributed by atoms with Crippen molar-refractivity contribution in [2.24, 2.45) is 17.8 Å². The lowest BCUT2D eigenvalue weighted by Crippen LogP contribution is -2.60. The fraction of sp³-hybridized carbons (Fsp3) is 0.441. The molecule has 4 aliphatic rings. The van der Waals surface area contributed by atoms with Gasteiger partial charge in [0.2, 0.25) is 11.8 Å². The second kappa shape index (κ2) is 12.7. The summed E-state index contributed by atoms with van der Waals surface area (Å²) in [6.07, 6.45) is 3.17. The highest BCUT2D eigenvalue weighted by atomic mass is 35.5. The van der Waals surface area contributed by atoms with Crippen molar-refractivity contribution in [3.63, 3.8) is 0 Å². The van der Waals surface area contributed by atoms with Gasteiger partial charge in [-0.15, -0.1) is 23.2 Å². The van der Waals surface area contributed by atoms with E-state index in [0.717, 1.165) is 17.0 Å². The Morgan fingerprint density at radius 3 is 2.38 bits per heavy atom. The first-order chi connectivity index (χ1) is 22.5. The van der Waals surface area contributed by atoms with Gasteiger partial charge >= 0.3 is 5.97 Å². The van der Waals surface area contributed by atoms with E-state index in [1.165, 1.54) is 17.0 Å². The molecule has 2 aromatic carbocycles. The Labute approximate surface area is 280 Å². The second-order valence-electron chi connectivity index (χ2n) is 12.4. The summed E-state index contributed by atoms with van der Waals surface area (Å²) in [6.45, 7) is -0.228. The number of aliphatic carboxylic acids is 1. The maximum Gasteiger partial charge on any atom is 0.303 e. The lowest BCUT2D eigenvalue weighted by Gasteiger charge is -2.51. The number of unbranched alkanes of at least 4 members (excludes halogenated alkanes) is 2. The van der Waals surface area contributed by atoms with Crippen molar-refractivity contribution in [1.82, 2.24) is 4.90 Å². The molecular weight excluding hydrogens is 654 g/mol. The van der Waals surface area contributed by atoms with Crippen LogP contribution in [-0.4, -0.2) is 74.2 Å². The first-order valence-corrected chi connectivity index (χ1v) is 16.3. The maximum absolute atomic E-state index is 14.5. The quantitative estimate of drug-likeness (QED) is 0.153. The molecule has 0 spiro atoms. The van der Waals surface area contributed by atoms with E-state index in [0.29, 0.717) is 36.1 Å². The summed E-state index contributed by atoms with van der Waals surface area (Å²) < 4.78 is 19.7. The maximum atomic E-state index is 14.5. The number of hydrogen-bond acceptors (Lipinski definition) is 7. The molecule has 6 unspecified atom stereocenters. The third kappa shape index (κ3) is 5.23.